The van der Waals surface area contributed by atoms with Crippen molar-refractivity contribution in [3.63, 3.8) is 0 Å². The maximum atomic E-state index is 13.9. The maximum absolute atomic E-state index is 13.9. The first kappa shape index (κ1) is 21.4. The van der Waals surface area contributed by atoms with Crippen molar-refractivity contribution >= 4 is 5.91 Å². The zero-order chi connectivity index (χ0) is 20.6. The zero-order valence-corrected chi connectivity index (χ0v) is 17.0. The fourth-order valence-electron chi connectivity index (χ4n) is 3.72. The predicted octanol–water partition coefficient (Wildman–Crippen LogP) is 2.62. The lowest BCUT2D eigenvalue weighted by Gasteiger charge is -2.35. The number of nitrogens with two attached hydrogens (primary N) is 1. The van der Waals surface area contributed by atoms with Gasteiger partial charge in [0.1, 0.15) is 5.82 Å². The van der Waals surface area contributed by atoms with Gasteiger partial charge in [-0.1, -0.05) is 48.5 Å². The standard InChI is InChI=1S/C23H30FN3O2/c1-26(23(28)16-20(25)15-19-9-5-6-10-21(19)24)22(18-7-3-2-4-8-18)17-27-11-13-29-14-12-27/h2-10,20,22H,11-17,25H2,1H3/t20-,22?/m1/s1. The van der Waals surface area contributed by atoms with Crippen molar-refractivity contribution in [3.05, 3.63) is 71.5 Å². The highest BCUT2D eigenvalue weighted by Gasteiger charge is 2.26. The Hall–Kier alpha value is -2.28. The molecule has 1 unspecified atom stereocenters. The molecule has 1 heterocycles. The molecule has 0 bridgehead atoms. The Morgan fingerprint density at radius 3 is 2.48 bits per heavy atom. The highest BCUT2D eigenvalue weighted by Crippen LogP contribution is 2.22. The molecule has 0 aliphatic carbocycles. The minimum Gasteiger partial charge on any atom is -0.379 e. The van der Waals surface area contributed by atoms with Crippen LogP contribution in [-0.2, 0) is 16.0 Å². The van der Waals surface area contributed by atoms with E-state index in [1.165, 1.54) is 6.07 Å². The normalized spacial score (nSPS) is 16.9. The predicted molar refractivity (Wildman–Crippen MR) is 112 cm³/mol. The van der Waals surface area contributed by atoms with Gasteiger partial charge in [0.05, 0.1) is 19.3 Å². The lowest BCUT2D eigenvalue weighted by atomic mass is 10.0. The van der Waals surface area contributed by atoms with E-state index >= 15 is 0 Å². The van der Waals surface area contributed by atoms with Crippen LogP contribution in [0.25, 0.3) is 0 Å². The number of carbonyl (C=O) groups is 1. The monoisotopic (exact) mass is 399 g/mol. The maximum Gasteiger partial charge on any atom is 0.224 e. The summed E-state index contributed by atoms with van der Waals surface area (Å²) in [5.41, 5.74) is 7.84. The molecule has 1 fully saturated rings. The van der Waals surface area contributed by atoms with E-state index in [1.807, 2.05) is 37.4 Å². The molecular formula is C23H30FN3O2. The smallest absolute Gasteiger partial charge is 0.224 e. The van der Waals surface area contributed by atoms with Crippen LogP contribution in [0.5, 0.6) is 0 Å². The second-order valence-corrected chi connectivity index (χ2v) is 7.60. The van der Waals surface area contributed by atoms with Crippen LogP contribution in [0.15, 0.2) is 54.6 Å². The van der Waals surface area contributed by atoms with Crippen molar-refractivity contribution in [2.75, 3.05) is 39.9 Å². The van der Waals surface area contributed by atoms with E-state index in [4.69, 9.17) is 10.5 Å². The van der Waals surface area contributed by atoms with Crippen molar-refractivity contribution in [3.8, 4) is 0 Å². The van der Waals surface area contributed by atoms with Crippen LogP contribution < -0.4 is 5.73 Å². The summed E-state index contributed by atoms with van der Waals surface area (Å²) in [6.45, 7) is 3.90. The SMILES string of the molecule is CN(C(=O)C[C@H](N)Cc1ccccc1F)C(CN1CCOCC1)c1ccccc1. The number of hydrogen-bond acceptors (Lipinski definition) is 4. The molecule has 29 heavy (non-hydrogen) atoms. The Bertz CT molecular complexity index is 781. The number of amides is 1. The third-order valence-corrected chi connectivity index (χ3v) is 5.46. The lowest BCUT2D eigenvalue weighted by Crippen LogP contribution is -2.44. The number of benzene rings is 2. The van der Waals surface area contributed by atoms with Gasteiger partial charge in [-0.2, -0.15) is 0 Å². The van der Waals surface area contributed by atoms with Gasteiger partial charge < -0.3 is 15.4 Å². The third kappa shape index (κ3) is 6.10. The summed E-state index contributed by atoms with van der Waals surface area (Å²) in [7, 11) is 1.83. The minimum atomic E-state index is -0.429. The van der Waals surface area contributed by atoms with Crippen LogP contribution in [0.4, 0.5) is 4.39 Å². The molecule has 6 heteroatoms. The highest BCUT2D eigenvalue weighted by molar-refractivity contribution is 5.77. The molecule has 5 nitrogen and oxygen atoms in total. The number of nitrogens with zero attached hydrogens (tertiary/aromatic N) is 2. The summed E-state index contributed by atoms with van der Waals surface area (Å²) in [5, 5.41) is 0. The fraction of sp³-hybridized carbons (Fsp3) is 0.435. The number of hydrogen-bond donors (Lipinski definition) is 1. The van der Waals surface area contributed by atoms with E-state index in [0.717, 1.165) is 25.2 Å². The molecule has 0 saturated carbocycles. The number of rotatable bonds is 8. The van der Waals surface area contributed by atoms with Gasteiger partial charge in [-0.15, -0.1) is 0 Å². The lowest BCUT2D eigenvalue weighted by molar-refractivity contribution is -0.133. The van der Waals surface area contributed by atoms with E-state index in [1.54, 1.807) is 23.1 Å². The molecule has 0 spiro atoms. The number of ether oxygens (including phenoxy) is 1. The number of likely N-dealkylation sites (N-methyl/N-ethyl adjacent to an activating group) is 1. The molecule has 2 aromatic carbocycles. The Morgan fingerprint density at radius 2 is 1.79 bits per heavy atom. The first-order valence-corrected chi connectivity index (χ1v) is 10.1. The molecule has 2 N–H and O–H groups in total. The van der Waals surface area contributed by atoms with Gasteiger partial charge in [0, 0.05) is 39.1 Å². The van der Waals surface area contributed by atoms with Crippen LogP contribution in [0.3, 0.4) is 0 Å². The van der Waals surface area contributed by atoms with E-state index in [2.05, 4.69) is 4.90 Å². The van der Waals surface area contributed by atoms with E-state index in [-0.39, 0.29) is 24.2 Å². The van der Waals surface area contributed by atoms with Gasteiger partial charge in [0.15, 0.2) is 0 Å². The Balaban J connectivity index is 1.66. The van der Waals surface area contributed by atoms with E-state index < -0.39 is 6.04 Å². The molecule has 0 radical (unpaired) electrons. The Labute approximate surface area is 172 Å². The molecule has 1 saturated heterocycles. The van der Waals surface area contributed by atoms with E-state index in [0.29, 0.717) is 25.2 Å². The van der Waals surface area contributed by atoms with Crippen LogP contribution in [0, 0.1) is 5.82 Å². The quantitative estimate of drug-likeness (QED) is 0.741. The van der Waals surface area contributed by atoms with Crippen LogP contribution in [-0.4, -0.2) is 61.6 Å². The van der Waals surface area contributed by atoms with Gasteiger partial charge in [-0.3, -0.25) is 9.69 Å². The summed E-state index contributed by atoms with van der Waals surface area (Å²) in [4.78, 5) is 17.1. The van der Waals surface area contributed by atoms with Gasteiger partial charge in [0.2, 0.25) is 5.91 Å². The van der Waals surface area contributed by atoms with Gasteiger partial charge in [-0.05, 0) is 23.6 Å². The van der Waals surface area contributed by atoms with Gasteiger partial charge in [-0.25, -0.2) is 4.39 Å². The Kier molecular flexibility index (Phi) is 7.75. The summed E-state index contributed by atoms with van der Waals surface area (Å²) in [6, 6.07) is 16.1. The number of morpholine rings is 1. The first-order valence-electron chi connectivity index (χ1n) is 10.1. The van der Waals surface area contributed by atoms with Crippen molar-refractivity contribution in [1.82, 2.24) is 9.80 Å². The average molecular weight is 400 g/mol. The first-order chi connectivity index (χ1) is 14.0. The average Bonchev–Trinajstić information content (AvgIpc) is 2.74. The molecular weight excluding hydrogens is 369 g/mol. The van der Waals surface area contributed by atoms with Crippen molar-refractivity contribution in [2.24, 2.45) is 5.73 Å². The second kappa shape index (κ2) is 10.5. The largest absolute Gasteiger partial charge is 0.379 e. The molecule has 1 aliphatic heterocycles. The number of halogens is 1. The summed E-state index contributed by atoms with van der Waals surface area (Å²) in [5.74, 6) is -0.311. The van der Waals surface area contributed by atoms with Crippen LogP contribution >= 0.6 is 0 Å². The molecule has 1 aliphatic rings. The van der Waals surface area contributed by atoms with Crippen LogP contribution in [0.2, 0.25) is 0 Å². The van der Waals surface area contributed by atoms with Gasteiger partial charge >= 0.3 is 0 Å². The Morgan fingerprint density at radius 1 is 1.14 bits per heavy atom. The molecule has 0 aromatic heterocycles. The topological polar surface area (TPSA) is 58.8 Å². The van der Waals surface area contributed by atoms with Crippen LogP contribution in [0.1, 0.15) is 23.6 Å². The molecule has 1 amide bonds. The molecule has 2 aromatic rings. The summed E-state index contributed by atoms with van der Waals surface area (Å²) >= 11 is 0. The second-order valence-electron chi connectivity index (χ2n) is 7.60. The fourth-order valence-corrected chi connectivity index (χ4v) is 3.72. The highest BCUT2D eigenvalue weighted by atomic mass is 19.1. The summed E-state index contributed by atoms with van der Waals surface area (Å²) < 4.78 is 19.3. The van der Waals surface area contributed by atoms with Crippen molar-refractivity contribution in [1.29, 1.82) is 0 Å². The summed E-state index contributed by atoms with van der Waals surface area (Å²) in [6.07, 6.45) is 0.517. The third-order valence-electron chi connectivity index (χ3n) is 5.46. The van der Waals surface area contributed by atoms with Gasteiger partial charge in [0.25, 0.3) is 0 Å². The molecule has 3 rings (SSSR count). The minimum absolute atomic E-state index is 0.0315. The molecule has 2 atom stereocenters. The van der Waals surface area contributed by atoms with E-state index in [9.17, 15) is 9.18 Å². The molecule has 156 valence electrons. The van der Waals surface area contributed by atoms with Crippen molar-refractivity contribution < 1.29 is 13.9 Å². The van der Waals surface area contributed by atoms with Crippen molar-refractivity contribution in [2.45, 2.75) is 24.9 Å². The zero-order valence-electron chi connectivity index (χ0n) is 17.0. The number of carbonyl (C=O) groups excluding carboxylic acids is 1.